The first-order valence-electron chi connectivity index (χ1n) is 5.31. The molecule has 0 bridgehead atoms. The van der Waals surface area contributed by atoms with Gasteiger partial charge < -0.3 is 10.6 Å². The van der Waals surface area contributed by atoms with E-state index < -0.39 is 0 Å². The summed E-state index contributed by atoms with van der Waals surface area (Å²) in [4.78, 5) is 11.3. The maximum absolute atomic E-state index is 11.3. The highest BCUT2D eigenvalue weighted by molar-refractivity contribution is 5.78. The molecule has 3 nitrogen and oxygen atoms in total. The molecule has 14 heavy (non-hydrogen) atoms. The Morgan fingerprint density at radius 2 is 2.29 bits per heavy atom. The molecule has 1 atom stereocenters. The third kappa shape index (κ3) is 7.80. The summed E-state index contributed by atoms with van der Waals surface area (Å²) >= 11 is 0. The smallest absolute Gasteiger partial charge is 0.234 e. The van der Waals surface area contributed by atoms with E-state index in [0.717, 1.165) is 25.8 Å². The second-order valence-corrected chi connectivity index (χ2v) is 3.51. The number of hydrogen-bond donors (Lipinski definition) is 2. The van der Waals surface area contributed by atoms with Crippen molar-refractivity contribution in [2.24, 2.45) is 0 Å². The van der Waals surface area contributed by atoms with E-state index in [9.17, 15) is 4.79 Å². The van der Waals surface area contributed by atoms with Gasteiger partial charge in [-0.3, -0.25) is 4.79 Å². The molecule has 0 heterocycles. The normalized spacial score (nSPS) is 12.1. The molecule has 0 aliphatic rings. The van der Waals surface area contributed by atoms with Gasteiger partial charge in [0.15, 0.2) is 0 Å². The molecule has 1 unspecified atom stereocenters. The quantitative estimate of drug-likeness (QED) is 0.458. The predicted molar refractivity (Wildman–Crippen MR) is 60.2 cm³/mol. The summed E-state index contributed by atoms with van der Waals surface area (Å²) in [6.45, 7) is 8.98. The van der Waals surface area contributed by atoms with E-state index in [1.165, 1.54) is 0 Å². The molecule has 0 aromatic heterocycles. The molecule has 0 aliphatic carbocycles. The van der Waals surface area contributed by atoms with Gasteiger partial charge in [-0.1, -0.05) is 19.4 Å². The van der Waals surface area contributed by atoms with Crippen LogP contribution in [0.4, 0.5) is 0 Å². The SMILES string of the molecule is C=CCCNCC(=O)NC(C)CCC. The van der Waals surface area contributed by atoms with Crippen LogP contribution in [0.1, 0.15) is 33.1 Å². The van der Waals surface area contributed by atoms with Gasteiger partial charge in [-0.15, -0.1) is 6.58 Å². The molecular formula is C11H22N2O. The average Bonchev–Trinajstić information content (AvgIpc) is 2.13. The van der Waals surface area contributed by atoms with Crippen molar-refractivity contribution < 1.29 is 4.79 Å². The molecule has 0 saturated heterocycles. The monoisotopic (exact) mass is 198 g/mol. The Balaban J connectivity index is 3.40. The zero-order valence-corrected chi connectivity index (χ0v) is 9.31. The van der Waals surface area contributed by atoms with Crippen molar-refractivity contribution in [3.63, 3.8) is 0 Å². The highest BCUT2D eigenvalue weighted by atomic mass is 16.1. The topological polar surface area (TPSA) is 41.1 Å². The van der Waals surface area contributed by atoms with E-state index in [0.29, 0.717) is 6.54 Å². The van der Waals surface area contributed by atoms with Crippen molar-refractivity contribution in [3.05, 3.63) is 12.7 Å². The molecule has 82 valence electrons. The second kappa shape index (κ2) is 8.75. The molecule has 0 aromatic carbocycles. The van der Waals surface area contributed by atoms with Crippen molar-refractivity contribution in [3.8, 4) is 0 Å². The molecule has 0 aliphatic heterocycles. The van der Waals surface area contributed by atoms with Crippen LogP contribution in [-0.4, -0.2) is 25.0 Å². The molecule has 0 rings (SSSR count). The Kier molecular flexibility index (Phi) is 8.24. The van der Waals surface area contributed by atoms with Crippen LogP contribution in [0.3, 0.4) is 0 Å². The van der Waals surface area contributed by atoms with Crippen LogP contribution in [0.25, 0.3) is 0 Å². The third-order valence-electron chi connectivity index (χ3n) is 1.94. The summed E-state index contributed by atoms with van der Waals surface area (Å²) in [5.41, 5.74) is 0. The van der Waals surface area contributed by atoms with E-state index in [-0.39, 0.29) is 11.9 Å². The highest BCUT2D eigenvalue weighted by Gasteiger charge is 2.04. The number of carbonyl (C=O) groups excluding carboxylic acids is 1. The van der Waals surface area contributed by atoms with E-state index in [1.807, 2.05) is 13.0 Å². The number of amides is 1. The molecular weight excluding hydrogens is 176 g/mol. The highest BCUT2D eigenvalue weighted by Crippen LogP contribution is 1.93. The van der Waals surface area contributed by atoms with Crippen molar-refractivity contribution in [2.45, 2.75) is 39.2 Å². The third-order valence-corrected chi connectivity index (χ3v) is 1.94. The Morgan fingerprint density at radius 3 is 2.86 bits per heavy atom. The van der Waals surface area contributed by atoms with Gasteiger partial charge in [0.1, 0.15) is 0 Å². The summed E-state index contributed by atoms with van der Waals surface area (Å²) in [5.74, 6) is 0.0787. The first-order valence-corrected chi connectivity index (χ1v) is 5.31. The first-order chi connectivity index (χ1) is 6.70. The fraction of sp³-hybridized carbons (Fsp3) is 0.727. The van der Waals surface area contributed by atoms with Gasteiger partial charge in [0.05, 0.1) is 6.54 Å². The van der Waals surface area contributed by atoms with E-state index in [1.54, 1.807) is 0 Å². The maximum Gasteiger partial charge on any atom is 0.234 e. The van der Waals surface area contributed by atoms with E-state index in [2.05, 4.69) is 24.1 Å². The molecule has 0 fully saturated rings. The lowest BCUT2D eigenvalue weighted by Gasteiger charge is -2.12. The predicted octanol–water partition coefficient (Wildman–Crippen LogP) is 1.46. The molecule has 0 spiro atoms. The lowest BCUT2D eigenvalue weighted by molar-refractivity contribution is -0.120. The minimum atomic E-state index is 0.0787. The number of rotatable bonds is 8. The summed E-state index contributed by atoms with van der Waals surface area (Å²) in [6, 6.07) is 0.286. The summed E-state index contributed by atoms with van der Waals surface area (Å²) in [5, 5.41) is 5.98. The Hall–Kier alpha value is -0.830. The fourth-order valence-corrected chi connectivity index (χ4v) is 1.24. The summed E-state index contributed by atoms with van der Waals surface area (Å²) in [6.07, 6.45) is 4.88. The molecule has 0 radical (unpaired) electrons. The van der Waals surface area contributed by atoms with Crippen molar-refractivity contribution in [1.82, 2.24) is 10.6 Å². The van der Waals surface area contributed by atoms with Gasteiger partial charge in [0, 0.05) is 6.04 Å². The average molecular weight is 198 g/mol. The minimum absolute atomic E-state index is 0.0787. The van der Waals surface area contributed by atoms with Crippen LogP contribution in [0.5, 0.6) is 0 Å². The van der Waals surface area contributed by atoms with Crippen LogP contribution >= 0.6 is 0 Å². The van der Waals surface area contributed by atoms with Gasteiger partial charge in [-0.25, -0.2) is 0 Å². The first kappa shape index (κ1) is 13.2. The van der Waals surface area contributed by atoms with Crippen LogP contribution in [-0.2, 0) is 4.79 Å². The Labute approximate surface area is 87.0 Å². The van der Waals surface area contributed by atoms with Gasteiger partial charge in [0.2, 0.25) is 5.91 Å². The van der Waals surface area contributed by atoms with Gasteiger partial charge in [0.25, 0.3) is 0 Å². The van der Waals surface area contributed by atoms with Crippen LogP contribution in [0.15, 0.2) is 12.7 Å². The Morgan fingerprint density at radius 1 is 1.57 bits per heavy atom. The van der Waals surface area contributed by atoms with Crippen LogP contribution in [0, 0.1) is 0 Å². The molecule has 3 heteroatoms. The van der Waals surface area contributed by atoms with E-state index >= 15 is 0 Å². The second-order valence-electron chi connectivity index (χ2n) is 3.51. The van der Waals surface area contributed by atoms with Gasteiger partial charge >= 0.3 is 0 Å². The van der Waals surface area contributed by atoms with Crippen LogP contribution in [0.2, 0.25) is 0 Å². The standard InChI is InChI=1S/C11H22N2O/c1-4-6-8-12-9-11(14)13-10(3)7-5-2/h4,10,12H,1,5-9H2,2-3H3,(H,13,14). The van der Waals surface area contributed by atoms with E-state index in [4.69, 9.17) is 0 Å². The van der Waals surface area contributed by atoms with Crippen molar-refractivity contribution in [2.75, 3.05) is 13.1 Å². The van der Waals surface area contributed by atoms with Crippen molar-refractivity contribution in [1.29, 1.82) is 0 Å². The van der Waals surface area contributed by atoms with Crippen molar-refractivity contribution >= 4 is 5.91 Å². The number of carbonyl (C=O) groups is 1. The summed E-state index contributed by atoms with van der Waals surface area (Å²) in [7, 11) is 0. The largest absolute Gasteiger partial charge is 0.353 e. The van der Waals surface area contributed by atoms with Gasteiger partial charge in [-0.05, 0) is 26.3 Å². The van der Waals surface area contributed by atoms with Gasteiger partial charge in [-0.2, -0.15) is 0 Å². The Bertz CT molecular complexity index is 169. The van der Waals surface area contributed by atoms with Crippen LogP contribution < -0.4 is 10.6 Å². The maximum atomic E-state index is 11.3. The lowest BCUT2D eigenvalue weighted by atomic mass is 10.2. The minimum Gasteiger partial charge on any atom is -0.353 e. The molecule has 1 amide bonds. The number of hydrogen-bond acceptors (Lipinski definition) is 2. The molecule has 0 aromatic rings. The lowest BCUT2D eigenvalue weighted by Crippen LogP contribution is -2.39. The zero-order chi connectivity index (χ0) is 10.8. The summed E-state index contributed by atoms with van der Waals surface area (Å²) < 4.78 is 0. The fourth-order valence-electron chi connectivity index (χ4n) is 1.24. The zero-order valence-electron chi connectivity index (χ0n) is 9.31. The molecule has 2 N–H and O–H groups in total. The molecule has 0 saturated carbocycles. The number of nitrogens with one attached hydrogen (secondary N) is 2.